The monoisotopic (exact) mass is 285 g/mol. The van der Waals surface area contributed by atoms with Crippen LogP contribution in [0.1, 0.15) is 30.4 Å². The van der Waals surface area contributed by atoms with E-state index in [0.29, 0.717) is 12.5 Å². The van der Waals surface area contributed by atoms with Gasteiger partial charge in [0.1, 0.15) is 0 Å². The zero-order valence-electron chi connectivity index (χ0n) is 11.3. The molecular formula is C14H18F3N3. The molecule has 0 saturated carbocycles. The van der Waals surface area contributed by atoms with Gasteiger partial charge >= 0.3 is 6.18 Å². The van der Waals surface area contributed by atoms with Crippen molar-refractivity contribution in [3.8, 4) is 0 Å². The summed E-state index contributed by atoms with van der Waals surface area (Å²) in [6.07, 6.45) is -3.16. The van der Waals surface area contributed by atoms with Gasteiger partial charge in [-0.1, -0.05) is 19.1 Å². The Labute approximate surface area is 116 Å². The second kappa shape index (κ2) is 5.73. The van der Waals surface area contributed by atoms with Crippen molar-refractivity contribution < 1.29 is 13.2 Å². The first kappa shape index (κ1) is 14.7. The number of hydrogen-bond acceptors (Lipinski definition) is 1. The standard InChI is InChI=1S/C14H18F3N3/c1-10(9-19-13(18)20-7-2-8-20)11-3-5-12(6-4-11)14(15,16)17/h3-6,10H,2,7-9H2,1H3,(H2,18,19). The lowest BCUT2D eigenvalue weighted by molar-refractivity contribution is -0.137. The highest BCUT2D eigenvalue weighted by Crippen LogP contribution is 2.30. The van der Waals surface area contributed by atoms with Gasteiger partial charge in [0.2, 0.25) is 0 Å². The van der Waals surface area contributed by atoms with E-state index in [1.165, 1.54) is 12.1 Å². The molecule has 20 heavy (non-hydrogen) atoms. The Hall–Kier alpha value is -1.72. The second-order valence-corrected chi connectivity index (χ2v) is 5.06. The van der Waals surface area contributed by atoms with Crippen LogP contribution >= 0.6 is 0 Å². The van der Waals surface area contributed by atoms with Crippen LogP contribution in [0.25, 0.3) is 0 Å². The molecule has 1 saturated heterocycles. The minimum Gasteiger partial charge on any atom is -0.370 e. The topological polar surface area (TPSA) is 41.6 Å². The number of guanidine groups is 1. The third-order valence-electron chi connectivity index (χ3n) is 3.51. The van der Waals surface area contributed by atoms with Crippen molar-refractivity contribution in [1.29, 1.82) is 0 Å². The van der Waals surface area contributed by atoms with Crippen molar-refractivity contribution in [3.63, 3.8) is 0 Å². The first-order valence-electron chi connectivity index (χ1n) is 6.60. The lowest BCUT2D eigenvalue weighted by atomic mass is 10.00. The molecule has 1 aromatic rings. The Morgan fingerprint density at radius 3 is 2.35 bits per heavy atom. The molecule has 1 atom stereocenters. The number of alkyl halides is 3. The van der Waals surface area contributed by atoms with Crippen LogP contribution in [0, 0.1) is 0 Å². The minimum absolute atomic E-state index is 0.0390. The molecule has 0 aliphatic carbocycles. The summed E-state index contributed by atoms with van der Waals surface area (Å²) in [6, 6.07) is 5.22. The molecule has 0 bridgehead atoms. The summed E-state index contributed by atoms with van der Waals surface area (Å²) in [5, 5.41) is 0. The van der Waals surface area contributed by atoms with E-state index in [9.17, 15) is 13.2 Å². The smallest absolute Gasteiger partial charge is 0.370 e. The predicted molar refractivity (Wildman–Crippen MR) is 72.5 cm³/mol. The van der Waals surface area contributed by atoms with E-state index in [2.05, 4.69) is 4.99 Å². The molecule has 1 aromatic carbocycles. The molecule has 1 unspecified atom stereocenters. The Kier molecular flexibility index (Phi) is 4.20. The van der Waals surface area contributed by atoms with E-state index < -0.39 is 11.7 Å². The Bertz CT molecular complexity index is 475. The zero-order valence-corrected chi connectivity index (χ0v) is 11.3. The molecule has 6 heteroatoms. The van der Waals surface area contributed by atoms with Crippen molar-refractivity contribution in [3.05, 3.63) is 35.4 Å². The average Bonchev–Trinajstić information content (AvgIpc) is 2.33. The Balaban J connectivity index is 1.97. The summed E-state index contributed by atoms with van der Waals surface area (Å²) >= 11 is 0. The number of aliphatic imine (C=N–C) groups is 1. The normalized spacial score (nSPS) is 17.8. The highest BCUT2D eigenvalue weighted by atomic mass is 19.4. The molecular weight excluding hydrogens is 267 g/mol. The molecule has 2 N–H and O–H groups in total. The fourth-order valence-corrected chi connectivity index (χ4v) is 1.98. The first-order chi connectivity index (χ1) is 9.38. The summed E-state index contributed by atoms with van der Waals surface area (Å²) in [6.45, 7) is 4.27. The van der Waals surface area contributed by atoms with Gasteiger partial charge in [0.25, 0.3) is 0 Å². The van der Waals surface area contributed by atoms with Crippen molar-refractivity contribution in [2.24, 2.45) is 10.7 Å². The summed E-state index contributed by atoms with van der Waals surface area (Å²) in [5.74, 6) is 0.562. The van der Waals surface area contributed by atoms with Crippen LogP contribution in [0.4, 0.5) is 13.2 Å². The first-order valence-corrected chi connectivity index (χ1v) is 6.60. The van der Waals surface area contributed by atoms with Gasteiger partial charge < -0.3 is 10.6 Å². The number of nitrogens with zero attached hydrogens (tertiary/aromatic N) is 2. The van der Waals surface area contributed by atoms with Crippen LogP contribution in [-0.2, 0) is 6.18 Å². The third kappa shape index (κ3) is 3.43. The quantitative estimate of drug-likeness (QED) is 0.685. The van der Waals surface area contributed by atoms with Crippen LogP contribution in [0.5, 0.6) is 0 Å². The minimum atomic E-state index is -4.29. The fourth-order valence-electron chi connectivity index (χ4n) is 1.98. The van der Waals surface area contributed by atoms with E-state index >= 15 is 0 Å². The molecule has 1 aliphatic rings. The SMILES string of the molecule is CC(CN=C(N)N1CCC1)c1ccc(C(F)(F)F)cc1. The van der Waals surface area contributed by atoms with Crippen LogP contribution in [-0.4, -0.2) is 30.5 Å². The average molecular weight is 285 g/mol. The maximum Gasteiger partial charge on any atom is 0.416 e. The molecule has 3 nitrogen and oxygen atoms in total. The second-order valence-electron chi connectivity index (χ2n) is 5.06. The molecule has 0 radical (unpaired) electrons. The van der Waals surface area contributed by atoms with E-state index in [1.54, 1.807) is 0 Å². The maximum atomic E-state index is 12.5. The van der Waals surface area contributed by atoms with Crippen molar-refractivity contribution in [1.82, 2.24) is 4.90 Å². The molecule has 0 spiro atoms. The molecule has 110 valence electrons. The molecule has 1 heterocycles. The number of nitrogens with two attached hydrogens (primary N) is 1. The van der Waals surface area contributed by atoms with Crippen molar-refractivity contribution in [2.45, 2.75) is 25.4 Å². The Morgan fingerprint density at radius 1 is 1.30 bits per heavy atom. The van der Waals surface area contributed by atoms with Gasteiger partial charge in [0, 0.05) is 25.6 Å². The number of halogens is 3. The maximum absolute atomic E-state index is 12.5. The zero-order chi connectivity index (χ0) is 14.8. The van der Waals surface area contributed by atoms with E-state index in [1.807, 2.05) is 11.8 Å². The van der Waals surface area contributed by atoms with E-state index in [-0.39, 0.29) is 5.92 Å². The van der Waals surface area contributed by atoms with E-state index in [4.69, 9.17) is 5.73 Å². The Morgan fingerprint density at radius 2 is 1.90 bits per heavy atom. The van der Waals surface area contributed by atoms with Gasteiger partial charge in [-0.25, -0.2) is 0 Å². The molecule has 0 aromatic heterocycles. The van der Waals surface area contributed by atoms with Gasteiger partial charge in [-0.3, -0.25) is 4.99 Å². The fraction of sp³-hybridized carbons (Fsp3) is 0.500. The summed E-state index contributed by atoms with van der Waals surface area (Å²) in [5.41, 5.74) is 6.02. The lowest BCUT2D eigenvalue weighted by Gasteiger charge is -2.31. The van der Waals surface area contributed by atoms with Crippen molar-refractivity contribution >= 4 is 5.96 Å². The number of benzene rings is 1. The molecule has 0 amide bonds. The van der Waals surface area contributed by atoms with Crippen LogP contribution in [0.2, 0.25) is 0 Å². The van der Waals surface area contributed by atoms with Gasteiger partial charge in [0.15, 0.2) is 5.96 Å². The number of rotatable bonds is 3. The molecule has 1 fully saturated rings. The van der Waals surface area contributed by atoms with Gasteiger partial charge in [0.05, 0.1) is 5.56 Å². The highest BCUT2D eigenvalue weighted by molar-refractivity contribution is 5.78. The van der Waals surface area contributed by atoms with Gasteiger partial charge in [-0.05, 0) is 24.1 Å². The van der Waals surface area contributed by atoms with Crippen molar-refractivity contribution in [2.75, 3.05) is 19.6 Å². The van der Waals surface area contributed by atoms with Crippen LogP contribution in [0.3, 0.4) is 0 Å². The van der Waals surface area contributed by atoms with E-state index in [0.717, 1.165) is 37.2 Å². The van der Waals surface area contributed by atoms with Gasteiger partial charge in [-0.2, -0.15) is 13.2 Å². The van der Waals surface area contributed by atoms with Crippen LogP contribution < -0.4 is 5.73 Å². The number of likely N-dealkylation sites (tertiary alicyclic amines) is 1. The third-order valence-corrected chi connectivity index (χ3v) is 3.51. The number of hydrogen-bond donors (Lipinski definition) is 1. The van der Waals surface area contributed by atoms with Gasteiger partial charge in [-0.15, -0.1) is 0 Å². The lowest BCUT2D eigenvalue weighted by Crippen LogP contribution is -2.46. The highest BCUT2D eigenvalue weighted by Gasteiger charge is 2.30. The summed E-state index contributed by atoms with van der Waals surface area (Å²) in [4.78, 5) is 6.28. The summed E-state index contributed by atoms with van der Waals surface area (Å²) in [7, 11) is 0. The predicted octanol–water partition coefficient (Wildman–Crippen LogP) is 2.83. The summed E-state index contributed by atoms with van der Waals surface area (Å²) < 4.78 is 37.4. The van der Waals surface area contributed by atoms with Crippen LogP contribution in [0.15, 0.2) is 29.3 Å². The largest absolute Gasteiger partial charge is 0.416 e. The molecule has 2 rings (SSSR count). The molecule has 1 aliphatic heterocycles.